The molecular formula is C46H83F13N3OS+. The van der Waals surface area contributed by atoms with Crippen molar-refractivity contribution in [2.75, 3.05) is 45.4 Å². The summed E-state index contributed by atoms with van der Waals surface area (Å²) in [5.41, 5.74) is 0. The number of quaternary nitrogens is 1. The lowest BCUT2D eigenvalue weighted by Gasteiger charge is -2.39. The van der Waals surface area contributed by atoms with Crippen LogP contribution in [0.4, 0.5) is 61.9 Å². The zero-order valence-electron chi connectivity index (χ0n) is 39.1. The summed E-state index contributed by atoms with van der Waals surface area (Å²) in [6.45, 7) is 3.87. The number of hydrogen-bond donors (Lipinski definition) is 2. The molecule has 0 atom stereocenters. The van der Waals surface area contributed by atoms with Crippen molar-refractivity contribution in [2.45, 2.75) is 242 Å². The molecule has 0 fully saturated rings. The second-order valence-corrected chi connectivity index (χ2v) is 19.5. The first-order chi connectivity index (χ1) is 29.9. The number of urea groups is 1. The van der Waals surface area contributed by atoms with Crippen LogP contribution in [-0.2, 0) is 0 Å². The van der Waals surface area contributed by atoms with E-state index in [-0.39, 0.29) is 18.3 Å². The van der Waals surface area contributed by atoms with Crippen LogP contribution in [-0.4, -0.2) is 91.7 Å². The van der Waals surface area contributed by atoms with E-state index in [1.807, 2.05) is 14.1 Å². The maximum atomic E-state index is 13.9. The molecule has 0 radical (unpaired) electrons. The Labute approximate surface area is 381 Å². The number of carbonyl (C=O) groups excluding carboxylic acids is 1. The number of carbonyl (C=O) groups is 1. The fourth-order valence-electron chi connectivity index (χ4n) is 7.56. The van der Waals surface area contributed by atoms with Gasteiger partial charge in [0.1, 0.15) is 0 Å². The quantitative estimate of drug-likeness (QED) is 0.0277. The van der Waals surface area contributed by atoms with E-state index in [0.717, 1.165) is 25.8 Å². The number of nitrogens with one attached hydrogen (secondary N) is 2. The topological polar surface area (TPSA) is 41.1 Å². The number of alkyl halides is 13. The van der Waals surface area contributed by atoms with E-state index >= 15 is 0 Å². The second-order valence-electron chi connectivity index (χ2n) is 18.4. The van der Waals surface area contributed by atoms with Gasteiger partial charge in [0.25, 0.3) is 0 Å². The van der Waals surface area contributed by atoms with Crippen molar-refractivity contribution in [2.24, 2.45) is 0 Å². The molecular weight excluding hydrogens is 890 g/mol. The lowest BCUT2D eigenvalue weighted by atomic mass is 9.93. The second kappa shape index (κ2) is 33.2. The van der Waals surface area contributed by atoms with Gasteiger partial charge in [0, 0.05) is 12.2 Å². The summed E-state index contributed by atoms with van der Waals surface area (Å²) in [5.74, 6) is -38.6. The van der Waals surface area contributed by atoms with Crippen LogP contribution in [0.3, 0.4) is 0 Å². The monoisotopic (exact) mass is 973 g/mol. The smallest absolute Gasteiger partial charge is 0.332 e. The van der Waals surface area contributed by atoms with Crippen LogP contribution in [0.15, 0.2) is 0 Å². The highest BCUT2D eigenvalue weighted by atomic mass is 32.2. The van der Waals surface area contributed by atoms with Crippen LogP contribution in [0.5, 0.6) is 0 Å². The minimum absolute atomic E-state index is 0.208. The normalized spacial score (nSPS) is 13.5. The van der Waals surface area contributed by atoms with Crippen molar-refractivity contribution in [1.29, 1.82) is 0 Å². The fraction of sp³-hybridized carbons (Fsp3) is 0.978. The first-order valence-electron chi connectivity index (χ1n) is 24.3. The molecule has 0 heterocycles. The third-order valence-electron chi connectivity index (χ3n) is 12.0. The van der Waals surface area contributed by atoms with Gasteiger partial charge in [0.2, 0.25) is 0 Å². The van der Waals surface area contributed by atoms with E-state index in [4.69, 9.17) is 0 Å². The molecule has 0 unspecified atom stereocenters. The molecule has 64 heavy (non-hydrogen) atoms. The van der Waals surface area contributed by atoms with Gasteiger partial charge in [0.05, 0.1) is 39.6 Å². The highest BCUT2D eigenvalue weighted by Crippen LogP contribution is 2.60. The number of halogens is 13. The van der Waals surface area contributed by atoms with E-state index in [1.54, 1.807) is 0 Å². The molecule has 18 heteroatoms. The molecule has 0 aromatic heterocycles. The van der Waals surface area contributed by atoms with Gasteiger partial charge in [-0.1, -0.05) is 187 Å². The highest BCUT2D eigenvalue weighted by Gasteiger charge is 2.90. The van der Waals surface area contributed by atoms with E-state index in [0.29, 0.717) is 11.0 Å². The molecule has 2 N–H and O–H groups in total. The molecule has 2 amide bonds. The molecule has 384 valence electrons. The van der Waals surface area contributed by atoms with E-state index in [1.165, 1.54) is 173 Å². The zero-order valence-corrected chi connectivity index (χ0v) is 39.9. The largest absolute Gasteiger partial charge is 0.460 e. The molecule has 0 saturated heterocycles. The maximum Gasteiger partial charge on any atom is 0.460 e. The molecule has 0 aliphatic rings. The summed E-state index contributed by atoms with van der Waals surface area (Å²) in [6, 6.07) is -0.777. The molecule has 0 spiro atoms. The van der Waals surface area contributed by atoms with Crippen LogP contribution < -0.4 is 10.6 Å². The summed E-state index contributed by atoms with van der Waals surface area (Å²) < 4.78 is 173. The van der Waals surface area contributed by atoms with Crippen molar-refractivity contribution >= 4 is 17.8 Å². The van der Waals surface area contributed by atoms with Crippen molar-refractivity contribution in [3.8, 4) is 0 Å². The van der Waals surface area contributed by atoms with E-state index in [2.05, 4.69) is 17.6 Å². The number of unbranched alkanes of at least 4 members (excludes halogenated alkanes) is 29. The minimum Gasteiger partial charge on any atom is -0.332 e. The molecule has 0 aliphatic heterocycles. The van der Waals surface area contributed by atoms with Gasteiger partial charge in [-0.25, -0.2) is 4.79 Å². The summed E-state index contributed by atoms with van der Waals surface area (Å²) in [5, 5.41) is 4.70. The number of amides is 2. The van der Waals surface area contributed by atoms with Crippen LogP contribution in [0.2, 0.25) is 0 Å². The lowest BCUT2D eigenvalue weighted by molar-refractivity contribution is -0.889. The Hall–Kier alpha value is -1.33. The Morgan fingerprint density at radius 2 is 0.734 bits per heavy atom. The van der Waals surface area contributed by atoms with Crippen molar-refractivity contribution < 1.29 is 66.4 Å². The Balaban J connectivity index is 3.79. The molecule has 0 rings (SSSR count). The summed E-state index contributed by atoms with van der Waals surface area (Å²) >= 11 is 0.274. The van der Waals surface area contributed by atoms with E-state index in [9.17, 15) is 61.9 Å². The molecule has 0 aromatic rings. The number of thioether (sulfide) groups is 1. The first kappa shape index (κ1) is 62.7. The standard InChI is InChI=1S/C46H82F13N3OS/c1-4-5-6-7-8-9-10-11-12-13-14-15-16-17-18-19-20-21-22-23-24-25-26-27-28-29-30-31-32-33-36-62(2,3)37-35-60-40(63)61-39-64-38-34-41(47,48)42(49,50)43(51,52)44(53,54)45(55,56)46(57,58)59/h4-39H2,1-3H3,(H-,60,61,63)/p+1. The van der Waals surface area contributed by atoms with Gasteiger partial charge in [-0.3, -0.25) is 0 Å². The van der Waals surface area contributed by atoms with Crippen LogP contribution in [0.25, 0.3) is 0 Å². The van der Waals surface area contributed by atoms with Gasteiger partial charge >= 0.3 is 41.8 Å². The molecule has 0 aromatic carbocycles. The Morgan fingerprint density at radius 1 is 0.422 bits per heavy atom. The van der Waals surface area contributed by atoms with Crippen molar-refractivity contribution in [3.05, 3.63) is 0 Å². The Morgan fingerprint density at radius 3 is 1.06 bits per heavy atom. The lowest BCUT2D eigenvalue weighted by Crippen LogP contribution is -2.70. The Bertz CT molecular complexity index is 1160. The fourth-order valence-corrected chi connectivity index (χ4v) is 8.34. The molecule has 4 nitrogen and oxygen atoms in total. The number of likely N-dealkylation sites (N-methyl/N-ethyl adjacent to an activating group) is 1. The predicted octanol–water partition coefficient (Wildman–Crippen LogP) is 16.9. The summed E-state index contributed by atoms with van der Waals surface area (Å²) in [6.07, 6.45) is 30.4. The molecule has 0 bridgehead atoms. The Kier molecular flexibility index (Phi) is 32.5. The predicted molar refractivity (Wildman–Crippen MR) is 235 cm³/mol. The number of nitrogens with zero attached hydrogens (tertiary/aromatic N) is 1. The zero-order chi connectivity index (χ0) is 48.7. The maximum absolute atomic E-state index is 13.9. The highest BCUT2D eigenvalue weighted by molar-refractivity contribution is 7.99. The van der Waals surface area contributed by atoms with E-state index < -0.39 is 59.9 Å². The average molecular weight is 973 g/mol. The number of hydrogen-bond acceptors (Lipinski definition) is 2. The first-order valence-corrected chi connectivity index (χ1v) is 25.4. The van der Waals surface area contributed by atoms with Gasteiger partial charge < -0.3 is 15.1 Å². The third kappa shape index (κ3) is 25.2. The SMILES string of the molecule is CCCCCCCCCCCCCCCCCCCCCCCCCCCCCCCC[N+](C)(C)CCNC(=O)NCSCCC(F)(F)C(F)(F)C(F)(F)C(F)(F)C(F)(F)C(F)(F)F. The van der Waals surface area contributed by atoms with Gasteiger partial charge in [-0.05, 0) is 12.8 Å². The molecule has 0 saturated carbocycles. The van der Waals surface area contributed by atoms with Crippen LogP contribution >= 0.6 is 11.8 Å². The van der Waals surface area contributed by atoms with Gasteiger partial charge in [0.15, 0.2) is 0 Å². The summed E-state index contributed by atoms with van der Waals surface area (Å²) in [4.78, 5) is 12.0. The van der Waals surface area contributed by atoms with Crippen LogP contribution in [0.1, 0.15) is 206 Å². The number of rotatable bonds is 43. The van der Waals surface area contributed by atoms with Crippen molar-refractivity contribution in [3.63, 3.8) is 0 Å². The molecule has 0 aliphatic carbocycles. The minimum atomic E-state index is -7.91. The van der Waals surface area contributed by atoms with Gasteiger partial charge in [-0.15, -0.1) is 11.8 Å². The average Bonchev–Trinajstić information content (AvgIpc) is 3.20. The van der Waals surface area contributed by atoms with Crippen LogP contribution in [0, 0.1) is 0 Å². The van der Waals surface area contributed by atoms with Crippen molar-refractivity contribution in [1.82, 2.24) is 10.6 Å². The van der Waals surface area contributed by atoms with Gasteiger partial charge in [-0.2, -0.15) is 57.1 Å². The third-order valence-corrected chi connectivity index (χ3v) is 12.9. The summed E-state index contributed by atoms with van der Waals surface area (Å²) in [7, 11) is 3.97.